The maximum absolute atomic E-state index is 13.0. The zero-order valence-electron chi connectivity index (χ0n) is 27.9. The summed E-state index contributed by atoms with van der Waals surface area (Å²) in [5.74, 6) is -1.80. The molecule has 0 bridgehead atoms. The summed E-state index contributed by atoms with van der Waals surface area (Å²) in [5.41, 5.74) is -3.89. The number of methoxy groups -OCH3 is 2. The van der Waals surface area contributed by atoms with Crippen molar-refractivity contribution in [2.24, 2.45) is 0 Å². The Kier molecular flexibility index (Phi) is 11.7. The molecule has 0 amide bonds. The zero-order chi connectivity index (χ0) is 35.9. The number of H-pyrrole nitrogens is 1. The Morgan fingerprint density at radius 1 is 0.900 bits per heavy atom. The molecule has 266 valence electrons. The van der Waals surface area contributed by atoms with E-state index in [2.05, 4.69) is 10.3 Å². The van der Waals surface area contributed by atoms with Crippen LogP contribution in [0.25, 0.3) is 0 Å². The number of nitrogens with zero attached hydrogens (tertiary/aromatic N) is 1. The van der Waals surface area contributed by atoms with Gasteiger partial charge in [0, 0.05) is 16.8 Å². The summed E-state index contributed by atoms with van der Waals surface area (Å²) in [7, 11) is -0.464. The van der Waals surface area contributed by atoms with E-state index in [-0.39, 0.29) is 6.54 Å². The minimum atomic E-state index is -3.56. The highest BCUT2D eigenvalue weighted by Gasteiger charge is 2.72. The van der Waals surface area contributed by atoms with Crippen LogP contribution in [-0.4, -0.2) is 69.6 Å². The number of hydrogen-bond acceptors (Lipinski definition) is 11. The predicted molar refractivity (Wildman–Crippen MR) is 182 cm³/mol. The van der Waals surface area contributed by atoms with Crippen LogP contribution < -0.4 is 26.0 Å². The Hall–Kier alpha value is -4.24. The topological polar surface area (TPSA) is 191 Å². The molecule has 0 spiro atoms. The van der Waals surface area contributed by atoms with E-state index >= 15 is 0 Å². The molecule has 1 aromatic heterocycles. The third-order valence-electron chi connectivity index (χ3n) is 8.75. The van der Waals surface area contributed by atoms with Crippen LogP contribution in [0.3, 0.4) is 0 Å². The molecule has 0 aliphatic carbocycles. The molecule has 1 aliphatic heterocycles. The molecule has 2 heterocycles. The van der Waals surface area contributed by atoms with Crippen molar-refractivity contribution in [3.63, 3.8) is 0 Å². The highest BCUT2D eigenvalue weighted by molar-refractivity contribution is 7.32. The monoisotopic (exact) mass is 710 g/mol. The van der Waals surface area contributed by atoms with E-state index in [1.54, 1.807) is 38.5 Å². The number of rotatable bonds is 16. The van der Waals surface area contributed by atoms with E-state index < -0.39 is 55.6 Å². The molecule has 1 unspecified atom stereocenters. The SMILES string of the molecule is CCCCCN[C@]1(O)[C@H](n2ccc(=O)[nH]c2=O)O[C@H](COC(c2ccccc2)(c2ccc(OC)cc2)c2ccc(OC)cc2)[C@@]1(O)O[P+](=O)O. The first-order valence-corrected chi connectivity index (χ1v) is 17.2. The fourth-order valence-electron chi connectivity index (χ4n) is 6.19. The van der Waals surface area contributed by atoms with Gasteiger partial charge in [0.05, 0.1) is 20.8 Å². The van der Waals surface area contributed by atoms with Crippen LogP contribution in [0, 0.1) is 0 Å². The number of aromatic nitrogens is 2. The summed E-state index contributed by atoms with van der Waals surface area (Å²) in [6.45, 7) is 1.50. The van der Waals surface area contributed by atoms with Crippen molar-refractivity contribution in [3.8, 4) is 11.5 Å². The van der Waals surface area contributed by atoms with Crippen molar-refractivity contribution in [3.05, 3.63) is 129 Å². The summed E-state index contributed by atoms with van der Waals surface area (Å²) in [4.78, 5) is 37.0. The van der Waals surface area contributed by atoms with E-state index in [1.807, 2.05) is 61.5 Å². The summed E-state index contributed by atoms with van der Waals surface area (Å²) in [6.07, 6.45) is -0.291. The number of nitrogens with one attached hydrogen (secondary N) is 2. The average Bonchev–Trinajstić information content (AvgIpc) is 3.32. The van der Waals surface area contributed by atoms with Crippen LogP contribution in [0.15, 0.2) is 101 Å². The van der Waals surface area contributed by atoms with Crippen LogP contribution >= 0.6 is 8.25 Å². The van der Waals surface area contributed by atoms with Crippen molar-refractivity contribution in [1.82, 2.24) is 14.9 Å². The van der Waals surface area contributed by atoms with Gasteiger partial charge >= 0.3 is 13.9 Å². The largest absolute Gasteiger partial charge is 0.698 e. The summed E-state index contributed by atoms with van der Waals surface area (Å²) in [6, 6.07) is 24.6. The molecule has 5 atom stereocenters. The highest BCUT2D eigenvalue weighted by atomic mass is 31.1. The lowest BCUT2D eigenvalue weighted by atomic mass is 9.80. The lowest BCUT2D eigenvalue weighted by Gasteiger charge is -2.39. The second-order valence-electron chi connectivity index (χ2n) is 11.7. The molecule has 4 aromatic rings. The Balaban J connectivity index is 1.67. The number of ether oxygens (including phenoxy) is 4. The molecule has 1 aliphatic rings. The molecule has 1 fully saturated rings. The van der Waals surface area contributed by atoms with Crippen LogP contribution in [0.5, 0.6) is 11.5 Å². The normalized spacial score (nSPS) is 22.3. The second kappa shape index (κ2) is 15.8. The van der Waals surface area contributed by atoms with Crippen molar-refractivity contribution in [1.29, 1.82) is 0 Å². The highest BCUT2D eigenvalue weighted by Crippen LogP contribution is 2.49. The molecular formula is C35H41N3O11P+. The van der Waals surface area contributed by atoms with E-state index in [0.29, 0.717) is 34.6 Å². The fraction of sp³-hybridized carbons (Fsp3) is 0.371. The molecule has 5 N–H and O–H groups in total. The van der Waals surface area contributed by atoms with Crippen LogP contribution in [0.2, 0.25) is 0 Å². The molecule has 0 radical (unpaired) electrons. The average molecular weight is 711 g/mol. The van der Waals surface area contributed by atoms with Gasteiger partial charge in [0.2, 0.25) is 5.72 Å². The van der Waals surface area contributed by atoms with Crippen LogP contribution in [-0.2, 0) is 24.2 Å². The van der Waals surface area contributed by atoms with Crippen molar-refractivity contribution >= 4 is 8.25 Å². The van der Waals surface area contributed by atoms with Crippen LogP contribution in [0.1, 0.15) is 49.1 Å². The molecule has 15 heteroatoms. The van der Waals surface area contributed by atoms with Gasteiger partial charge in [-0.05, 0) is 53.9 Å². The Bertz CT molecular complexity index is 1810. The third-order valence-corrected chi connectivity index (χ3v) is 9.19. The van der Waals surface area contributed by atoms with Gasteiger partial charge in [-0.3, -0.25) is 19.7 Å². The first-order valence-electron chi connectivity index (χ1n) is 16.0. The molecular weight excluding hydrogens is 669 g/mol. The van der Waals surface area contributed by atoms with Gasteiger partial charge in [-0.1, -0.05) is 78.9 Å². The lowest BCUT2D eigenvalue weighted by molar-refractivity contribution is -0.274. The van der Waals surface area contributed by atoms with Gasteiger partial charge in [-0.2, -0.15) is 0 Å². The number of unbranched alkanes of at least 4 members (excludes halogenated alkanes) is 2. The maximum Gasteiger partial charge on any atom is 0.698 e. The Morgan fingerprint density at radius 3 is 2.00 bits per heavy atom. The minimum absolute atomic E-state index is 0.0927. The Labute approximate surface area is 289 Å². The molecule has 1 saturated heterocycles. The van der Waals surface area contributed by atoms with Gasteiger partial charge in [0.15, 0.2) is 6.23 Å². The molecule has 14 nitrogen and oxygen atoms in total. The first-order chi connectivity index (χ1) is 24.0. The standard InChI is InChI=1S/C35H40N3O11P/c1-4-5-9-21-36-34(41)31(38-22-20-30(39)37-32(38)40)48-29(35(34,42)49-50(43)44)23-47-33(24-10-7-6-8-11-24,25-12-16-27(45-2)17-13-25)26-14-18-28(46-3)19-15-26/h6-8,10-20,22,29,31,36,41-42H,4-5,9,21,23H2,1-3H3,(H-,37,39,40,43,44)/p+1/t29-,31-,34+,35-/m1/s1. The van der Waals surface area contributed by atoms with Crippen molar-refractivity contribution < 1.29 is 43.1 Å². The number of aliphatic hydroxyl groups is 2. The zero-order valence-corrected chi connectivity index (χ0v) is 28.7. The lowest BCUT2D eigenvalue weighted by Crippen LogP contribution is -2.67. The summed E-state index contributed by atoms with van der Waals surface area (Å²) >= 11 is 0. The summed E-state index contributed by atoms with van der Waals surface area (Å²) < 4.78 is 42.2. The van der Waals surface area contributed by atoms with E-state index in [1.165, 1.54) is 0 Å². The molecule has 3 aromatic carbocycles. The number of hydrogen-bond donors (Lipinski definition) is 5. The van der Waals surface area contributed by atoms with Crippen molar-refractivity contribution in [2.75, 3.05) is 27.4 Å². The summed E-state index contributed by atoms with van der Waals surface area (Å²) in [5, 5.41) is 27.3. The molecule has 5 rings (SSSR count). The molecule has 0 saturated carbocycles. The smallest absolute Gasteiger partial charge is 0.497 e. The van der Waals surface area contributed by atoms with Gasteiger partial charge in [-0.25, -0.2) is 4.79 Å². The number of benzene rings is 3. The van der Waals surface area contributed by atoms with Gasteiger partial charge in [0.25, 0.3) is 11.3 Å². The van der Waals surface area contributed by atoms with Gasteiger partial charge in [-0.15, -0.1) is 4.89 Å². The van der Waals surface area contributed by atoms with Gasteiger partial charge in [0.1, 0.15) is 23.2 Å². The van der Waals surface area contributed by atoms with E-state index in [4.69, 9.17) is 23.5 Å². The fourth-order valence-corrected chi connectivity index (χ4v) is 6.68. The van der Waals surface area contributed by atoms with Gasteiger partial charge < -0.3 is 29.2 Å². The van der Waals surface area contributed by atoms with Crippen LogP contribution in [0.4, 0.5) is 0 Å². The quantitative estimate of drug-likeness (QED) is 0.0495. The third kappa shape index (κ3) is 7.15. The second-order valence-corrected chi connectivity index (χ2v) is 12.4. The number of aromatic amines is 1. The first kappa shape index (κ1) is 37.0. The van der Waals surface area contributed by atoms with E-state index in [9.17, 15) is 29.3 Å². The predicted octanol–water partition coefficient (Wildman–Crippen LogP) is 3.28. The maximum atomic E-state index is 13.0. The Morgan fingerprint density at radius 2 is 1.48 bits per heavy atom. The molecule has 50 heavy (non-hydrogen) atoms. The minimum Gasteiger partial charge on any atom is -0.497 e. The van der Waals surface area contributed by atoms with Crippen molar-refractivity contribution in [2.45, 2.75) is 55.6 Å². The van der Waals surface area contributed by atoms with E-state index in [0.717, 1.165) is 29.7 Å².